The van der Waals surface area contributed by atoms with E-state index in [-0.39, 0.29) is 5.56 Å². The fraction of sp³-hybridized carbons (Fsp3) is 0.462. The van der Waals surface area contributed by atoms with Gasteiger partial charge in [0, 0.05) is 0 Å². The van der Waals surface area contributed by atoms with Gasteiger partial charge in [0.1, 0.15) is 5.92 Å². The van der Waals surface area contributed by atoms with Crippen LogP contribution >= 0.6 is 0 Å². The third kappa shape index (κ3) is 2.58. The molecule has 19 heavy (non-hydrogen) atoms. The third-order valence-electron chi connectivity index (χ3n) is 3.55. The maximum atomic E-state index is 12.6. The summed E-state index contributed by atoms with van der Waals surface area (Å²) in [4.78, 5) is 11.3. The lowest BCUT2D eigenvalue weighted by Gasteiger charge is -2.41. The lowest BCUT2D eigenvalue weighted by Crippen LogP contribution is -2.46. The summed E-state index contributed by atoms with van der Waals surface area (Å²) < 4.78 is 37.8. The molecule has 0 amide bonds. The lowest BCUT2D eigenvalue weighted by molar-refractivity contribution is -0.151. The number of rotatable bonds is 3. The highest BCUT2D eigenvalue weighted by atomic mass is 19.4. The van der Waals surface area contributed by atoms with Crippen molar-refractivity contribution < 1.29 is 28.2 Å². The number of aliphatic carboxylic acids is 1. The largest absolute Gasteiger partial charge is 0.481 e. The molecule has 0 spiro atoms. The van der Waals surface area contributed by atoms with Crippen molar-refractivity contribution in [2.45, 2.75) is 37.0 Å². The first-order valence-electron chi connectivity index (χ1n) is 5.86. The number of carbonyl (C=O) groups is 1. The van der Waals surface area contributed by atoms with Crippen molar-refractivity contribution >= 4 is 5.97 Å². The highest BCUT2D eigenvalue weighted by Crippen LogP contribution is 2.44. The summed E-state index contributed by atoms with van der Waals surface area (Å²) in [6.45, 7) is 0. The summed E-state index contributed by atoms with van der Waals surface area (Å²) in [5.41, 5.74) is -2.35. The van der Waals surface area contributed by atoms with Crippen LogP contribution in [0.25, 0.3) is 0 Å². The zero-order valence-corrected chi connectivity index (χ0v) is 9.94. The molecule has 1 saturated carbocycles. The Morgan fingerprint density at radius 1 is 1.32 bits per heavy atom. The van der Waals surface area contributed by atoms with Crippen LogP contribution < -0.4 is 0 Å². The number of benzene rings is 1. The number of aliphatic hydroxyl groups is 1. The number of hydrogen-bond acceptors (Lipinski definition) is 2. The molecule has 2 rings (SSSR count). The van der Waals surface area contributed by atoms with E-state index < -0.39 is 29.2 Å². The zero-order chi connectivity index (χ0) is 14.3. The van der Waals surface area contributed by atoms with E-state index in [1.54, 1.807) is 0 Å². The van der Waals surface area contributed by atoms with Gasteiger partial charge in [-0.3, -0.25) is 4.79 Å². The molecule has 1 aromatic rings. The summed E-state index contributed by atoms with van der Waals surface area (Å²) in [7, 11) is 0. The van der Waals surface area contributed by atoms with Crippen LogP contribution in [-0.2, 0) is 11.0 Å². The minimum absolute atomic E-state index is 0.00970. The molecule has 1 atom stereocenters. The molecular weight excluding hydrogens is 261 g/mol. The minimum atomic E-state index is -4.53. The normalized spacial score (nSPS) is 19.6. The molecule has 3 nitrogen and oxygen atoms in total. The maximum Gasteiger partial charge on any atom is 0.416 e. The molecule has 0 saturated heterocycles. The average molecular weight is 274 g/mol. The number of carboxylic acid groups (broad SMARTS) is 1. The maximum absolute atomic E-state index is 12.6. The van der Waals surface area contributed by atoms with Gasteiger partial charge < -0.3 is 10.2 Å². The van der Waals surface area contributed by atoms with E-state index in [2.05, 4.69) is 0 Å². The first-order valence-corrected chi connectivity index (χ1v) is 5.86. The second-order valence-electron chi connectivity index (χ2n) is 4.85. The topological polar surface area (TPSA) is 57.5 Å². The van der Waals surface area contributed by atoms with Gasteiger partial charge in [0.25, 0.3) is 0 Å². The minimum Gasteiger partial charge on any atom is -0.481 e. The Balaban J connectivity index is 2.41. The van der Waals surface area contributed by atoms with E-state index in [0.29, 0.717) is 19.3 Å². The second kappa shape index (κ2) is 4.52. The summed E-state index contributed by atoms with van der Waals surface area (Å²) >= 11 is 0. The quantitative estimate of drug-likeness (QED) is 0.891. The molecule has 1 aliphatic rings. The van der Waals surface area contributed by atoms with E-state index in [1.807, 2.05) is 0 Å². The number of alkyl halides is 3. The molecule has 1 aliphatic carbocycles. The Morgan fingerprint density at radius 3 is 2.37 bits per heavy atom. The van der Waals surface area contributed by atoms with Crippen LogP contribution in [0.15, 0.2) is 24.3 Å². The van der Waals surface area contributed by atoms with Crippen LogP contribution in [0.1, 0.15) is 36.3 Å². The van der Waals surface area contributed by atoms with Crippen LogP contribution in [-0.4, -0.2) is 21.8 Å². The Hall–Kier alpha value is -1.56. The predicted molar refractivity (Wildman–Crippen MR) is 60.6 cm³/mol. The summed E-state index contributed by atoms with van der Waals surface area (Å²) in [6, 6.07) is 4.16. The highest BCUT2D eigenvalue weighted by molar-refractivity contribution is 5.78. The van der Waals surface area contributed by atoms with E-state index >= 15 is 0 Å². The summed E-state index contributed by atoms with van der Waals surface area (Å²) in [5.74, 6) is -2.62. The molecule has 0 bridgehead atoms. The number of hydrogen-bond donors (Lipinski definition) is 2. The van der Waals surface area contributed by atoms with Crippen LogP contribution in [0.4, 0.5) is 13.2 Å². The standard InChI is InChI=1S/C13H13F3O3/c14-13(15,16)9-4-1-3-8(7-9)10(11(17)18)12(19)5-2-6-12/h1,3-4,7,10,19H,2,5-6H2,(H,17,18)/t10-/m0/s1. The van der Waals surface area contributed by atoms with E-state index in [0.717, 1.165) is 18.2 Å². The van der Waals surface area contributed by atoms with Gasteiger partial charge in [0.05, 0.1) is 11.2 Å². The molecule has 1 aromatic carbocycles. The first kappa shape index (κ1) is 13.9. The molecular formula is C13H13F3O3. The van der Waals surface area contributed by atoms with Crippen molar-refractivity contribution in [3.05, 3.63) is 35.4 Å². The van der Waals surface area contributed by atoms with E-state index in [4.69, 9.17) is 0 Å². The van der Waals surface area contributed by atoms with Crippen molar-refractivity contribution in [1.82, 2.24) is 0 Å². The van der Waals surface area contributed by atoms with Gasteiger partial charge in [-0.25, -0.2) is 0 Å². The predicted octanol–water partition coefficient (Wildman–Crippen LogP) is 2.79. The molecule has 1 fully saturated rings. The molecule has 2 N–H and O–H groups in total. The Kier molecular flexibility index (Phi) is 3.30. The van der Waals surface area contributed by atoms with Gasteiger partial charge in [-0.2, -0.15) is 13.2 Å². The van der Waals surface area contributed by atoms with Gasteiger partial charge >= 0.3 is 12.1 Å². The molecule has 0 radical (unpaired) electrons. The number of halogens is 3. The van der Waals surface area contributed by atoms with E-state index in [9.17, 15) is 28.2 Å². The van der Waals surface area contributed by atoms with Crippen molar-refractivity contribution in [2.24, 2.45) is 0 Å². The second-order valence-corrected chi connectivity index (χ2v) is 4.85. The van der Waals surface area contributed by atoms with Gasteiger partial charge in [0.2, 0.25) is 0 Å². The Bertz CT molecular complexity index is 492. The fourth-order valence-corrected chi connectivity index (χ4v) is 2.40. The molecule has 6 heteroatoms. The monoisotopic (exact) mass is 274 g/mol. The van der Waals surface area contributed by atoms with Crippen molar-refractivity contribution in [1.29, 1.82) is 0 Å². The van der Waals surface area contributed by atoms with Gasteiger partial charge in [-0.1, -0.05) is 18.2 Å². The SMILES string of the molecule is O=C(O)[C@H](c1cccc(C(F)(F)F)c1)C1(O)CCC1. The van der Waals surface area contributed by atoms with Crippen molar-refractivity contribution in [3.63, 3.8) is 0 Å². The Labute approximate surface area is 107 Å². The van der Waals surface area contributed by atoms with Crippen LogP contribution in [0.3, 0.4) is 0 Å². The van der Waals surface area contributed by atoms with Crippen molar-refractivity contribution in [2.75, 3.05) is 0 Å². The first-order chi connectivity index (χ1) is 8.74. The van der Waals surface area contributed by atoms with Crippen molar-refractivity contribution in [3.8, 4) is 0 Å². The molecule has 0 heterocycles. The summed E-state index contributed by atoms with van der Waals surface area (Å²) in [5, 5.41) is 19.3. The zero-order valence-electron chi connectivity index (χ0n) is 9.94. The number of carboxylic acids is 1. The molecule has 104 valence electrons. The van der Waals surface area contributed by atoms with Crippen LogP contribution in [0.5, 0.6) is 0 Å². The molecule has 0 unspecified atom stereocenters. The lowest BCUT2D eigenvalue weighted by atomic mass is 9.68. The highest BCUT2D eigenvalue weighted by Gasteiger charge is 2.47. The van der Waals surface area contributed by atoms with Crippen LogP contribution in [0.2, 0.25) is 0 Å². The van der Waals surface area contributed by atoms with E-state index in [1.165, 1.54) is 6.07 Å². The summed E-state index contributed by atoms with van der Waals surface area (Å²) in [6.07, 6.45) is -3.26. The average Bonchev–Trinajstić information content (AvgIpc) is 2.26. The van der Waals surface area contributed by atoms with Crippen LogP contribution in [0, 0.1) is 0 Å². The third-order valence-corrected chi connectivity index (χ3v) is 3.55. The van der Waals surface area contributed by atoms with Gasteiger partial charge in [-0.05, 0) is 30.9 Å². The smallest absolute Gasteiger partial charge is 0.416 e. The fourth-order valence-electron chi connectivity index (χ4n) is 2.40. The molecule has 0 aromatic heterocycles. The Morgan fingerprint density at radius 2 is 1.95 bits per heavy atom. The van der Waals surface area contributed by atoms with Gasteiger partial charge in [0.15, 0.2) is 0 Å². The van der Waals surface area contributed by atoms with Gasteiger partial charge in [-0.15, -0.1) is 0 Å². The molecule has 0 aliphatic heterocycles.